The number of hydrogen-bond acceptors (Lipinski definition) is 6. The molecule has 0 aliphatic carbocycles. The monoisotopic (exact) mass is 436 g/mol. The first-order valence-corrected chi connectivity index (χ1v) is 11.6. The maximum absolute atomic E-state index is 13.0. The van der Waals surface area contributed by atoms with Gasteiger partial charge in [0.25, 0.3) is 0 Å². The van der Waals surface area contributed by atoms with Gasteiger partial charge >= 0.3 is 0 Å². The second kappa shape index (κ2) is 9.01. The third kappa shape index (κ3) is 4.39. The summed E-state index contributed by atoms with van der Waals surface area (Å²) in [6.45, 7) is 2.10. The van der Waals surface area contributed by atoms with Crippen molar-refractivity contribution < 1.29 is 14.3 Å². The minimum absolute atomic E-state index is 0.0695. The molecule has 0 N–H and O–H groups in total. The zero-order chi connectivity index (χ0) is 21.0. The van der Waals surface area contributed by atoms with Crippen molar-refractivity contribution in [2.24, 2.45) is 0 Å². The fraction of sp³-hybridized carbons (Fsp3) is 0.348. The number of likely N-dealkylation sites (tertiary alicyclic amines) is 1. The summed E-state index contributed by atoms with van der Waals surface area (Å²) in [5, 5.41) is 5.08. The summed E-state index contributed by atoms with van der Waals surface area (Å²) in [5.74, 6) is 1.99. The van der Waals surface area contributed by atoms with Crippen LogP contribution in [-0.2, 0) is 4.79 Å². The smallest absolute Gasteiger partial charge is 0.233 e. The van der Waals surface area contributed by atoms with Crippen LogP contribution in [0.5, 0.6) is 11.5 Å². The number of thioether (sulfide) groups is 1. The van der Waals surface area contributed by atoms with E-state index >= 15 is 0 Å². The number of rotatable bonds is 5. The Morgan fingerprint density at radius 3 is 2.77 bits per heavy atom. The Kier molecular flexibility index (Phi) is 5.80. The van der Waals surface area contributed by atoms with Gasteiger partial charge in [-0.1, -0.05) is 36.0 Å². The number of aromatic nitrogens is 3. The molecule has 31 heavy (non-hydrogen) atoms. The summed E-state index contributed by atoms with van der Waals surface area (Å²) in [4.78, 5) is 19.3. The van der Waals surface area contributed by atoms with Crippen molar-refractivity contribution in [3.63, 3.8) is 0 Å². The van der Waals surface area contributed by atoms with E-state index in [0.29, 0.717) is 24.1 Å². The molecular formula is C23H24N4O3S. The van der Waals surface area contributed by atoms with E-state index in [1.54, 1.807) is 11.0 Å². The van der Waals surface area contributed by atoms with Gasteiger partial charge in [-0.3, -0.25) is 4.79 Å². The average Bonchev–Trinajstić information content (AvgIpc) is 3.43. The number of carbonyl (C=O) groups is 1. The van der Waals surface area contributed by atoms with Gasteiger partial charge in [0.2, 0.25) is 11.1 Å². The van der Waals surface area contributed by atoms with Crippen molar-refractivity contribution in [2.75, 3.05) is 25.5 Å². The van der Waals surface area contributed by atoms with Crippen LogP contribution in [-0.4, -0.2) is 51.1 Å². The second-order valence-electron chi connectivity index (χ2n) is 7.60. The fourth-order valence-electron chi connectivity index (χ4n) is 4.03. The molecule has 1 saturated heterocycles. The number of para-hydroxylation sites is 1. The van der Waals surface area contributed by atoms with E-state index in [4.69, 9.17) is 9.47 Å². The van der Waals surface area contributed by atoms with Crippen molar-refractivity contribution in [3.05, 3.63) is 60.4 Å². The molecule has 7 nitrogen and oxygen atoms in total. The number of amides is 1. The van der Waals surface area contributed by atoms with Gasteiger partial charge in [0.15, 0.2) is 11.5 Å². The van der Waals surface area contributed by atoms with E-state index in [2.05, 4.69) is 16.1 Å². The Hall–Kier alpha value is -3.00. The predicted octanol–water partition coefficient (Wildman–Crippen LogP) is 3.88. The van der Waals surface area contributed by atoms with Crippen LogP contribution in [0.1, 0.15) is 30.9 Å². The molecule has 1 atom stereocenters. The van der Waals surface area contributed by atoms with Gasteiger partial charge in [0.1, 0.15) is 6.33 Å². The first kappa shape index (κ1) is 19.9. The highest BCUT2D eigenvalue weighted by Crippen LogP contribution is 2.38. The first-order valence-electron chi connectivity index (χ1n) is 10.6. The van der Waals surface area contributed by atoms with Crippen LogP contribution in [0.3, 0.4) is 0 Å². The zero-order valence-corrected chi connectivity index (χ0v) is 18.0. The predicted molar refractivity (Wildman–Crippen MR) is 118 cm³/mol. The molecule has 1 fully saturated rings. The van der Waals surface area contributed by atoms with Crippen LogP contribution in [0.15, 0.2) is 60.0 Å². The quantitative estimate of drug-likeness (QED) is 0.566. The van der Waals surface area contributed by atoms with E-state index in [1.807, 2.05) is 47.4 Å². The Bertz CT molecular complexity index is 1060. The molecule has 160 valence electrons. The lowest BCUT2D eigenvalue weighted by Gasteiger charge is -2.25. The molecule has 0 unspecified atom stereocenters. The van der Waals surface area contributed by atoms with Crippen LogP contribution in [0, 0.1) is 0 Å². The normalized spacial score (nSPS) is 18.1. The minimum atomic E-state index is 0.0695. The largest absolute Gasteiger partial charge is 0.490 e. The summed E-state index contributed by atoms with van der Waals surface area (Å²) in [6.07, 6.45) is 4.51. The standard InChI is InChI=1S/C23H24N4O3S/c28-22(15-31-23-24-16-27(25-23)18-6-2-1-3-7-18)26-11-4-8-19(26)17-9-10-20-21(14-17)30-13-5-12-29-20/h1-3,6-7,9-10,14,16,19H,4-5,8,11-13,15H2/t19-/m0/s1. The van der Waals surface area contributed by atoms with Crippen molar-refractivity contribution in [1.82, 2.24) is 19.7 Å². The summed E-state index contributed by atoms with van der Waals surface area (Å²) >= 11 is 1.37. The maximum Gasteiger partial charge on any atom is 0.233 e. The van der Waals surface area contributed by atoms with Gasteiger partial charge in [-0.15, -0.1) is 5.10 Å². The molecule has 0 radical (unpaired) electrons. The molecule has 0 bridgehead atoms. The topological polar surface area (TPSA) is 69.5 Å². The highest BCUT2D eigenvalue weighted by molar-refractivity contribution is 7.99. The lowest BCUT2D eigenvalue weighted by molar-refractivity contribution is -0.129. The third-order valence-electron chi connectivity index (χ3n) is 5.55. The van der Waals surface area contributed by atoms with Crippen LogP contribution in [0.2, 0.25) is 0 Å². The van der Waals surface area contributed by atoms with Gasteiger partial charge in [0.05, 0.1) is 30.7 Å². The Balaban J connectivity index is 1.24. The van der Waals surface area contributed by atoms with Crippen LogP contribution in [0.25, 0.3) is 5.69 Å². The lowest BCUT2D eigenvalue weighted by atomic mass is 10.0. The SMILES string of the molecule is O=C(CSc1ncn(-c2ccccc2)n1)N1CCC[C@H]1c1ccc2c(c1)OCCCO2. The fourth-order valence-corrected chi connectivity index (χ4v) is 4.71. The van der Waals surface area contributed by atoms with Crippen LogP contribution < -0.4 is 9.47 Å². The summed E-state index contributed by atoms with van der Waals surface area (Å²) in [7, 11) is 0. The first-order chi connectivity index (χ1) is 15.3. The highest BCUT2D eigenvalue weighted by Gasteiger charge is 2.30. The second-order valence-corrected chi connectivity index (χ2v) is 8.54. The summed E-state index contributed by atoms with van der Waals surface area (Å²) in [5.41, 5.74) is 2.05. The Morgan fingerprint density at radius 1 is 1.06 bits per heavy atom. The van der Waals surface area contributed by atoms with E-state index in [9.17, 15) is 4.79 Å². The van der Waals surface area contributed by atoms with Gasteiger partial charge in [-0.2, -0.15) is 0 Å². The van der Waals surface area contributed by atoms with E-state index in [1.165, 1.54) is 11.8 Å². The average molecular weight is 437 g/mol. The third-order valence-corrected chi connectivity index (χ3v) is 6.38. The molecule has 3 aromatic rings. The van der Waals surface area contributed by atoms with E-state index in [0.717, 1.165) is 48.6 Å². The molecule has 3 heterocycles. The van der Waals surface area contributed by atoms with E-state index in [-0.39, 0.29) is 11.9 Å². The van der Waals surface area contributed by atoms with E-state index < -0.39 is 0 Å². The van der Waals surface area contributed by atoms with Crippen molar-refractivity contribution >= 4 is 17.7 Å². The molecule has 2 aliphatic heterocycles. The lowest BCUT2D eigenvalue weighted by Crippen LogP contribution is -2.32. The van der Waals surface area contributed by atoms with Crippen molar-refractivity contribution in [2.45, 2.75) is 30.5 Å². The molecule has 0 spiro atoms. The molecule has 1 amide bonds. The number of nitrogens with zero attached hydrogens (tertiary/aromatic N) is 4. The number of benzene rings is 2. The molecule has 1 aromatic heterocycles. The van der Waals surface area contributed by atoms with Gasteiger partial charge in [-0.25, -0.2) is 9.67 Å². The number of carbonyl (C=O) groups excluding carboxylic acids is 1. The number of fused-ring (bicyclic) bond motifs is 1. The minimum Gasteiger partial charge on any atom is -0.490 e. The van der Waals surface area contributed by atoms with Crippen molar-refractivity contribution in [3.8, 4) is 17.2 Å². The highest BCUT2D eigenvalue weighted by atomic mass is 32.2. The summed E-state index contributed by atoms with van der Waals surface area (Å²) < 4.78 is 13.3. The molecule has 5 rings (SSSR count). The number of hydrogen-bond donors (Lipinski definition) is 0. The van der Waals surface area contributed by atoms with Gasteiger partial charge in [0, 0.05) is 13.0 Å². The molecular weight excluding hydrogens is 412 g/mol. The van der Waals surface area contributed by atoms with Gasteiger partial charge < -0.3 is 14.4 Å². The number of ether oxygens (including phenoxy) is 2. The van der Waals surface area contributed by atoms with Crippen LogP contribution >= 0.6 is 11.8 Å². The molecule has 0 saturated carbocycles. The summed E-state index contributed by atoms with van der Waals surface area (Å²) in [6, 6.07) is 15.9. The molecule has 2 aliphatic rings. The van der Waals surface area contributed by atoms with Crippen molar-refractivity contribution in [1.29, 1.82) is 0 Å². The van der Waals surface area contributed by atoms with Gasteiger partial charge in [-0.05, 0) is 42.7 Å². The van der Waals surface area contributed by atoms with Crippen LogP contribution in [0.4, 0.5) is 0 Å². The molecule has 2 aromatic carbocycles. The molecule has 8 heteroatoms. The Labute approximate surface area is 185 Å². The zero-order valence-electron chi connectivity index (χ0n) is 17.1. The Morgan fingerprint density at radius 2 is 1.90 bits per heavy atom. The maximum atomic E-state index is 13.0.